The van der Waals surface area contributed by atoms with Gasteiger partial charge in [0.05, 0.1) is 5.69 Å². The number of anilines is 1. The molecular weight excluding hydrogens is 318 g/mol. The van der Waals surface area contributed by atoms with Crippen LogP contribution < -0.4 is 10.9 Å². The molecular formula is C19H17N3O3. The largest absolute Gasteiger partial charge is 0.444 e. The molecule has 0 spiro atoms. The summed E-state index contributed by atoms with van der Waals surface area (Å²) in [4.78, 5) is 23.1. The highest BCUT2D eigenvalue weighted by atomic mass is 16.5. The number of benzene rings is 2. The fourth-order valence-electron chi connectivity index (χ4n) is 2.38. The summed E-state index contributed by atoms with van der Waals surface area (Å²) in [5.41, 5.74) is 3.62. The second-order valence-corrected chi connectivity index (χ2v) is 5.53. The van der Waals surface area contributed by atoms with Gasteiger partial charge in [-0.2, -0.15) is 5.10 Å². The van der Waals surface area contributed by atoms with E-state index in [4.69, 9.17) is 4.74 Å². The molecule has 126 valence electrons. The lowest BCUT2D eigenvalue weighted by molar-refractivity contribution is 0.155. The summed E-state index contributed by atoms with van der Waals surface area (Å²) in [6, 6.07) is 18.1. The molecule has 0 bridgehead atoms. The SMILES string of the molecule is Cc1cc(=O)[nH]nc1-c1ccc(NC(=O)OCc2ccccc2)cc1. The summed E-state index contributed by atoms with van der Waals surface area (Å²) < 4.78 is 5.18. The number of carbonyl (C=O) groups is 1. The van der Waals surface area contributed by atoms with E-state index in [1.54, 1.807) is 12.1 Å². The molecule has 0 fully saturated rings. The number of H-pyrrole nitrogens is 1. The van der Waals surface area contributed by atoms with E-state index < -0.39 is 6.09 Å². The standard InChI is InChI=1S/C19H17N3O3/c1-13-11-17(23)21-22-18(13)15-7-9-16(10-8-15)20-19(24)25-12-14-5-3-2-4-6-14/h2-11H,12H2,1H3,(H,20,24)(H,21,23). The number of amides is 1. The van der Waals surface area contributed by atoms with Crippen LogP contribution in [0.3, 0.4) is 0 Å². The third kappa shape index (κ3) is 4.32. The Morgan fingerprint density at radius 2 is 1.84 bits per heavy atom. The third-order valence-corrected chi connectivity index (χ3v) is 3.62. The van der Waals surface area contributed by atoms with E-state index in [0.29, 0.717) is 11.4 Å². The highest BCUT2D eigenvalue weighted by Crippen LogP contribution is 2.21. The second-order valence-electron chi connectivity index (χ2n) is 5.53. The van der Waals surface area contributed by atoms with Crippen LogP contribution in [0.25, 0.3) is 11.3 Å². The maximum absolute atomic E-state index is 11.8. The fourth-order valence-corrected chi connectivity index (χ4v) is 2.38. The lowest BCUT2D eigenvalue weighted by Gasteiger charge is -2.08. The van der Waals surface area contributed by atoms with Crippen molar-refractivity contribution in [3.05, 3.63) is 82.1 Å². The molecule has 0 atom stereocenters. The smallest absolute Gasteiger partial charge is 0.411 e. The predicted octanol–water partition coefficient (Wildman–Crippen LogP) is 3.49. The van der Waals surface area contributed by atoms with Gasteiger partial charge in [-0.05, 0) is 30.2 Å². The van der Waals surface area contributed by atoms with Gasteiger partial charge in [-0.3, -0.25) is 10.1 Å². The summed E-state index contributed by atoms with van der Waals surface area (Å²) in [6.07, 6.45) is -0.519. The van der Waals surface area contributed by atoms with Gasteiger partial charge in [-0.15, -0.1) is 0 Å². The van der Waals surface area contributed by atoms with Crippen molar-refractivity contribution in [2.24, 2.45) is 0 Å². The van der Waals surface area contributed by atoms with E-state index in [-0.39, 0.29) is 12.2 Å². The zero-order chi connectivity index (χ0) is 17.6. The Labute approximate surface area is 144 Å². The number of ether oxygens (including phenoxy) is 1. The van der Waals surface area contributed by atoms with Crippen LogP contribution in [0.5, 0.6) is 0 Å². The second kappa shape index (κ2) is 7.44. The highest BCUT2D eigenvalue weighted by molar-refractivity contribution is 5.85. The van der Waals surface area contributed by atoms with E-state index in [1.807, 2.05) is 49.4 Å². The lowest BCUT2D eigenvalue weighted by atomic mass is 10.1. The molecule has 0 saturated carbocycles. The topological polar surface area (TPSA) is 84.1 Å². The number of carbonyl (C=O) groups excluding carboxylic acids is 1. The summed E-state index contributed by atoms with van der Waals surface area (Å²) >= 11 is 0. The molecule has 2 N–H and O–H groups in total. The van der Waals surface area contributed by atoms with Gasteiger partial charge in [0.25, 0.3) is 5.56 Å². The van der Waals surface area contributed by atoms with Crippen molar-refractivity contribution in [2.75, 3.05) is 5.32 Å². The van der Waals surface area contributed by atoms with Crippen molar-refractivity contribution >= 4 is 11.8 Å². The van der Waals surface area contributed by atoms with Crippen molar-refractivity contribution < 1.29 is 9.53 Å². The lowest BCUT2D eigenvalue weighted by Crippen LogP contribution is -2.13. The summed E-state index contributed by atoms with van der Waals surface area (Å²) in [5, 5.41) is 9.15. The van der Waals surface area contributed by atoms with E-state index in [1.165, 1.54) is 6.07 Å². The van der Waals surface area contributed by atoms with Crippen LogP contribution in [0.2, 0.25) is 0 Å². The van der Waals surface area contributed by atoms with Gasteiger partial charge in [-0.1, -0.05) is 42.5 Å². The summed E-state index contributed by atoms with van der Waals surface area (Å²) in [6.45, 7) is 2.04. The maximum Gasteiger partial charge on any atom is 0.411 e. The first kappa shape index (κ1) is 16.4. The number of nitrogens with one attached hydrogen (secondary N) is 2. The molecule has 0 aliphatic carbocycles. The van der Waals surface area contributed by atoms with Gasteiger partial charge in [0.2, 0.25) is 0 Å². The molecule has 6 heteroatoms. The Kier molecular flexibility index (Phi) is 4.89. The van der Waals surface area contributed by atoms with Crippen molar-refractivity contribution in [1.82, 2.24) is 10.2 Å². The maximum atomic E-state index is 11.8. The average Bonchev–Trinajstić information content (AvgIpc) is 2.62. The number of nitrogens with zero attached hydrogens (tertiary/aromatic N) is 1. The van der Waals surface area contributed by atoms with E-state index in [0.717, 1.165) is 16.7 Å². The van der Waals surface area contributed by atoms with Crippen molar-refractivity contribution in [3.8, 4) is 11.3 Å². The van der Waals surface area contributed by atoms with E-state index in [9.17, 15) is 9.59 Å². The first-order valence-corrected chi connectivity index (χ1v) is 7.76. The Balaban J connectivity index is 1.62. The first-order chi connectivity index (χ1) is 12.1. The van der Waals surface area contributed by atoms with Gasteiger partial charge in [-0.25, -0.2) is 9.89 Å². The number of hydrogen-bond acceptors (Lipinski definition) is 4. The molecule has 0 unspecified atom stereocenters. The predicted molar refractivity (Wildman–Crippen MR) is 95.3 cm³/mol. The van der Waals surface area contributed by atoms with Gasteiger partial charge in [0.1, 0.15) is 6.61 Å². The molecule has 1 amide bonds. The van der Waals surface area contributed by atoms with Crippen LogP contribution >= 0.6 is 0 Å². The normalized spacial score (nSPS) is 10.3. The van der Waals surface area contributed by atoms with Crippen molar-refractivity contribution in [2.45, 2.75) is 13.5 Å². The van der Waals surface area contributed by atoms with Crippen molar-refractivity contribution in [3.63, 3.8) is 0 Å². The molecule has 1 aromatic heterocycles. The van der Waals surface area contributed by atoms with Crippen LogP contribution in [0.1, 0.15) is 11.1 Å². The molecule has 3 rings (SSSR count). The zero-order valence-electron chi connectivity index (χ0n) is 13.7. The third-order valence-electron chi connectivity index (χ3n) is 3.62. The summed E-state index contributed by atoms with van der Waals surface area (Å²) in [5.74, 6) is 0. The minimum Gasteiger partial charge on any atom is -0.444 e. The fraction of sp³-hybridized carbons (Fsp3) is 0.105. The Morgan fingerprint density at radius 3 is 2.52 bits per heavy atom. The number of aromatic amines is 1. The molecule has 0 aliphatic heterocycles. The number of aryl methyl sites for hydroxylation is 1. The minimum atomic E-state index is -0.519. The molecule has 2 aromatic carbocycles. The van der Waals surface area contributed by atoms with Crippen LogP contribution in [0, 0.1) is 6.92 Å². The average molecular weight is 335 g/mol. The van der Waals surface area contributed by atoms with E-state index in [2.05, 4.69) is 15.5 Å². The van der Waals surface area contributed by atoms with Gasteiger partial charge < -0.3 is 4.74 Å². The van der Waals surface area contributed by atoms with Crippen LogP contribution in [0.4, 0.5) is 10.5 Å². The monoisotopic (exact) mass is 335 g/mol. The Morgan fingerprint density at radius 1 is 1.12 bits per heavy atom. The Bertz CT molecular complexity index is 919. The molecule has 1 heterocycles. The number of hydrogen-bond donors (Lipinski definition) is 2. The molecule has 0 saturated heterocycles. The van der Waals surface area contributed by atoms with Crippen LogP contribution in [0.15, 0.2) is 65.5 Å². The number of rotatable bonds is 4. The Hall–Kier alpha value is -3.41. The highest BCUT2D eigenvalue weighted by Gasteiger charge is 2.07. The molecule has 0 radical (unpaired) electrons. The molecule has 0 aliphatic rings. The minimum absolute atomic E-state index is 0.214. The van der Waals surface area contributed by atoms with Crippen LogP contribution in [-0.2, 0) is 11.3 Å². The van der Waals surface area contributed by atoms with Crippen molar-refractivity contribution in [1.29, 1.82) is 0 Å². The van der Waals surface area contributed by atoms with Gasteiger partial charge >= 0.3 is 6.09 Å². The molecule has 6 nitrogen and oxygen atoms in total. The quantitative estimate of drug-likeness (QED) is 0.764. The first-order valence-electron chi connectivity index (χ1n) is 7.76. The van der Waals surface area contributed by atoms with Gasteiger partial charge in [0, 0.05) is 17.3 Å². The summed E-state index contributed by atoms with van der Waals surface area (Å²) in [7, 11) is 0. The zero-order valence-corrected chi connectivity index (χ0v) is 13.7. The molecule has 25 heavy (non-hydrogen) atoms. The van der Waals surface area contributed by atoms with Gasteiger partial charge in [0.15, 0.2) is 0 Å². The van der Waals surface area contributed by atoms with E-state index >= 15 is 0 Å². The van der Waals surface area contributed by atoms with Crippen LogP contribution in [-0.4, -0.2) is 16.3 Å². The molecule has 3 aromatic rings. The number of aromatic nitrogens is 2.